The first-order valence-corrected chi connectivity index (χ1v) is 10.5. The van der Waals surface area contributed by atoms with Gasteiger partial charge >= 0.3 is 5.69 Å². The Kier molecular flexibility index (Phi) is 6.09. The number of imidazole rings is 1. The third-order valence-corrected chi connectivity index (χ3v) is 5.80. The van der Waals surface area contributed by atoms with Gasteiger partial charge < -0.3 is 24.7 Å². The number of carbonyl (C=O) groups excluding carboxylic acids is 1. The van der Waals surface area contributed by atoms with Crippen LogP contribution in [0.2, 0.25) is 0 Å². The first-order valence-electron chi connectivity index (χ1n) is 10.5. The second-order valence-electron chi connectivity index (χ2n) is 7.84. The molecule has 0 atom stereocenters. The van der Waals surface area contributed by atoms with Gasteiger partial charge in [0.05, 0.1) is 26.5 Å². The average Bonchev–Trinajstić information content (AvgIpc) is 3.28. The lowest BCUT2D eigenvalue weighted by molar-refractivity contribution is -0.117. The van der Waals surface area contributed by atoms with Gasteiger partial charge in [0, 0.05) is 46.3 Å². The molecule has 4 rings (SSSR count). The summed E-state index contributed by atoms with van der Waals surface area (Å²) in [4.78, 5) is 48.7. The summed E-state index contributed by atoms with van der Waals surface area (Å²) in [5.74, 6) is 1.56. The Morgan fingerprint density at radius 2 is 1.82 bits per heavy atom. The fraction of sp³-hybridized carbons (Fsp3) is 0.429. The molecule has 1 saturated heterocycles. The minimum absolute atomic E-state index is 0.144. The summed E-state index contributed by atoms with van der Waals surface area (Å²) >= 11 is 0. The predicted octanol–water partition coefficient (Wildman–Crippen LogP) is -0.262. The molecule has 12 heteroatoms. The van der Waals surface area contributed by atoms with Crippen molar-refractivity contribution < 1.29 is 14.3 Å². The summed E-state index contributed by atoms with van der Waals surface area (Å²) in [5, 5.41) is 2.88. The van der Waals surface area contributed by atoms with Crippen molar-refractivity contribution in [2.75, 3.05) is 57.2 Å². The number of nitrogens with one attached hydrogen (secondary N) is 2. The van der Waals surface area contributed by atoms with Crippen molar-refractivity contribution in [3.8, 4) is 11.5 Å². The topological polar surface area (TPSA) is 127 Å². The summed E-state index contributed by atoms with van der Waals surface area (Å²) in [7, 11) is 6.13. The Bertz CT molecular complexity index is 1300. The Labute approximate surface area is 189 Å². The van der Waals surface area contributed by atoms with E-state index >= 15 is 0 Å². The van der Waals surface area contributed by atoms with Crippen LogP contribution in [0.4, 0.5) is 11.6 Å². The molecule has 0 aliphatic carbocycles. The van der Waals surface area contributed by atoms with E-state index in [-0.39, 0.29) is 12.5 Å². The quantitative estimate of drug-likeness (QED) is 0.518. The van der Waals surface area contributed by atoms with Gasteiger partial charge in [-0.3, -0.25) is 23.6 Å². The lowest BCUT2D eigenvalue weighted by Crippen LogP contribution is -2.49. The molecule has 1 amide bonds. The average molecular weight is 457 g/mol. The first-order chi connectivity index (χ1) is 15.8. The largest absolute Gasteiger partial charge is 0.497 e. The van der Waals surface area contributed by atoms with Crippen LogP contribution in [0.3, 0.4) is 0 Å². The Morgan fingerprint density at radius 3 is 2.48 bits per heavy atom. The number of benzene rings is 1. The third kappa shape index (κ3) is 4.29. The van der Waals surface area contributed by atoms with Crippen LogP contribution < -0.4 is 30.9 Å². The second-order valence-corrected chi connectivity index (χ2v) is 7.84. The van der Waals surface area contributed by atoms with Crippen molar-refractivity contribution >= 4 is 28.7 Å². The smallest absolute Gasteiger partial charge is 0.332 e. The molecular formula is C21H27N7O5. The molecule has 176 valence electrons. The van der Waals surface area contributed by atoms with Gasteiger partial charge in [-0.25, -0.2) is 4.79 Å². The fourth-order valence-electron chi connectivity index (χ4n) is 3.88. The number of aromatic amines is 1. The zero-order valence-corrected chi connectivity index (χ0v) is 19.0. The molecule has 0 spiro atoms. The maximum atomic E-state index is 12.6. The van der Waals surface area contributed by atoms with Crippen LogP contribution in [0, 0.1) is 0 Å². The van der Waals surface area contributed by atoms with Crippen LogP contribution in [0.25, 0.3) is 11.2 Å². The summed E-state index contributed by atoms with van der Waals surface area (Å²) in [6, 6.07) is 5.21. The molecular weight excluding hydrogens is 430 g/mol. The van der Waals surface area contributed by atoms with E-state index < -0.39 is 11.2 Å². The number of hydrogen-bond acceptors (Lipinski definition) is 8. The highest BCUT2D eigenvalue weighted by Gasteiger charge is 2.23. The van der Waals surface area contributed by atoms with Gasteiger partial charge in [0.1, 0.15) is 11.5 Å². The monoisotopic (exact) mass is 457 g/mol. The van der Waals surface area contributed by atoms with Gasteiger partial charge in [-0.05, 0) is 12.1 Å². The van der Waals surface area contributed by atoms with Crippen molar-refractivity contribution in [2.45, 2.75) is 0 Å². The van der Waals surface area contributed by atoms with Crippen LogP contribution in [-0.4, -0.2) is 76.9 Å². The number of anilines is 2. The SMILES string of the molecule is COc1ccc(NC(=O)CN2CCN(c3nc4c([nH]3)c(=O)n(C)c(=O)n4C)CC2)c(OC)c1. The maximum Gasteiger partial charge on any atom is 0.332 e. The predicted molar refractivity (Wildman–Crippen MR) is 123 cm³/mol. The number of aryl methyl sites for hydroxylation is 1. The first kappa shape index (κ1) is 22.4. The summed E-state index contributed by atoms with van der Waals surface area (Å²) in [6.45, 7) is 2.75. The zero-order chi connectivity index (χ0) is 23.7. The molecule has 33 heavy (non-hydrogen) atoms. The van der Waals surface area contributed by atoms with Gasteiger partial charge in [-0.15, -0.1) is 0 Å². The molecule has 12 nitrogen and oxygen atoms in total. The van der Waals surface area contributed by atoms with E-state index in [1.807, 2.05) is 9.80 Å². The molecule has 3 aromatic rings. The number of hydrogen-bond donors (Lipinski definition) is 2. The molecule has 2 aromatic heterocycles. The molecule has 1 fully saturated rings. The van der Waals surface area contributed by atoms with Crippen LogP contribution in [-0.2, 0) is 18.9 Å². The van der Waals surface area contributed by atoms with E-state index in [0.29, 0.717) is 60.5 Å². The van der Waals surface area contributed by atoms with Crippen molar-refractivity contribution in [3.05, 3.63) is 39.0 Å². The number of fused-ring (bicyclic) bond motifs is 1. The maximum absolute atomic E-state index is 12.6. The normalized spacial score (nSPS) is 14.5. The number of methoxy groups -OCH3 is 2. The molecule has 2 N–H and O–H groups in total. The van der Waals surface area contributed by atoms with E-state index in [4.69, 9.17) is 9.47 Å². The van der Waals surface area contributed by atoms with E-state index in [9.17, 15) is 14.4 Å². The van der Waals surface area contributed by atoms with Gasteiger partial charge in [-0.1, -0.05) is 0 Å². The van der Waals surface area contributed by atoms with Gasteiger partial charge in [-0.2, -0.15) is 4.98 Å². The second kappa shape index (κ2) is 8.98. The molecule has 0 saturated carbocycles. The number of amides is 1. The minimum Gasteiger partial charge on any atom is -0.497 e. The van der Waals surface area contributed by atoms with E-state index in [1.165, 1.54) is 18.7 Å². The van der Waals surface area contributed by atoms with Crippen molar-refractivity contribution in [2.24, 2.45) is 14.1 Å². The molecule has 0 unspecified atom stereocenters. The van der Waals surface area contributed by atoms with E-state index in [0.717, 1.165) is 4.57 Å². The van der Waals surface area contributed by atoms with Gasteiger partial charge in [0.15, 0.2) is 11.2 Å². The number of aromatic nitrogens is 4. The van der Waals surface area contributed by atoms with E-state index in [1.54, 1.807) is 32.4 Å². The zero-order valence-electron chi connectivity index (χ0n) is 19.0. The van der Waals surface area contributed by atoms with Crippen molar-refractivity contribution in [3.63, 3.8) is 0 Å². The molecule has 1 aliphatic rings. The summed E-state index contributed by atoms with van der Waals surface area (Å²) in [5.41, 5.74) is 0.376. The Hall–Kier alpha value is -3.80. The van der Waals surface area contributed by atoms with Crippen molar-refractivity contribution in [1.29, 1.82) is 0 Å². The highest BCUT2D eigenvalue weighted by molar-refractivity contribution is 5.93. The summed E-state index contributed by atoms with van der Waals surface area (Å²) in [6.07, 6.45) is 0. The molecule has 1 aromatic carbocycles. The standard InChI is InChI=1S/C21H27N7O5/c1-25-18-17(19(30)26(2)21(25)31)23-20(24-18)28-9-7-27(8-10-28)12-16(29)22-14-6-5-13(32-3)11-15(14)33-4/h5-6,11H,7-10,12H2,1-4H3,(H,22,29)(H,23,24). The number of piperazine rings is 1. The number of H-pyrrole nitrogens is 1. The Morgan fingerprint density at radius 1 is 1.09 bits per heavy atom. The number of rotatable bonds is 6. The van der Waals surface area contributed by atoms with Crippen LogP contribution in [0.15, 0.2) is 27.8 Å². The number of carbonyl (C=O) groups is 1. The molecule has 0 bridgehead atoms. The third-order valence-electron chi connectivity index (χ3n) is 5.80. The van der Waals surface area contributed by atoms with Gasteiger partial charge in [0.2, 0.25) is 11.9 Å². The van der Waals surface area contributed by atoms with Crippen LogP contribution >= 0.6 is 0 Å². The van der Waals surface area contributed by atoms with Crippen molar-refractivity contribution in [1.82, 2.24) is 24.0 Å². The van der Waals surface area contributed by atoms with E-state index in [2.05, 4.69) is 15.3 Å². The highest BCUT2D eigenvalue weighted by Crippen LogP contribution is 2.29. The molecule has 0 radical (unpaired) electrons. The lowest BCUT2D eigenvalue weighted by atomic mass is 10.2. The Balaban J connectivity index is 1.39. The van der Waals surface area contributed by atoms with Crippen LogP contribution in [0.1, 0.15) is 0 Å². The number of ether oxygens (including phenoxy) is 2. The highest BCUT2D eigenvalue weighted by atomic mass is 16.5. The summed E-state index contributed by atoms with van der Waals surface area (Å²) < 4.78 is 12.9. The molecule has 3 heterocycles. The minimum atomic E-state index is -0.421. The number of nitrogens with zero attached hydrogens (tertiary/aromatic N) is 5. The fourth-order valence-corrected chi connectivity index (χ4v) is 3.88. The lowest BCUT2D eigenvalue weighted by Gasteiger charge is -2.34. The van der Waals surface area contributed by atoms with Gasteiger partial charge in [0.25, 0.3) is 5.56 Å². The van der Waals surface area contributed by atoms with Crippen LogP contribution in [0.5, 0.6) is 11.5 Å². The molecule has 1 aliphatic heterocycles.